The van der Waals surface area contributed by atoms with Crippen LogP contribution in [-0.2, 0) is 15.8 Å². The second-order valence-corrected chi connectivity index (χ2v) is 5.88. The van der Waals surface area contributed by atoms with Crippen LogP contribution in [0, 0.1) is 11.6 Å². The molecule has 0 aliphatic carbocycles. The first-order valence-electron chi connectivity index (χ1n) is 8.31. The highest BCUT2D eigenvalue weighted by molar-refractivity contribution is 6.01. The fraction of sp³-hybridized carbons (Fsp3) is 0.222. The molecule has 0 fully saturated rings. The number of nitrogens with zero attached hydrogens (tertiary/aromatic N) is 1. The summed E-state index contributed by atoms with van der Waals surface area (Å²) >= 11 is 0. The van der Waals surface area contributed by atoms with E-state index >= 15 is 0 Å². The number of hydrogen-bond acceptors (Lipinski definition) is 4. The van der Waals surface area contributed by atoms with Crippen LogP contribution in [0.2, 0.25) is 0 Å². The lowest BCUT2D eigenvalue weighted by atomic mass is 9.99. The SMILES string of the molecule is CNC(=O)C(CNC(=O)c1ccc(F)c(F)c1-c1ccc(C(F)(F)F)nc1)NC=O. The molecular formula is C18H15F5N4O3. The summed E-state index contributed by atoms with van der Waals surface area (Å²) in [5.41, 5.74) is -2.52. The van der Waals surface area contributed by atoms with E-state index in [0.717, 1.165) is 12.1 Å². The molecule has 2 rings (SSSR count). The number of amides is 3. The lowest BCUT2D eigenvalue weighted by Crippen LogP contribution is -2.49. The van der Waals surface area contributed by atoms with E-state index in [9.17, 15) is 36.3 Å². The summed E-state index contributed by atoms with van der Waals surface area (Å²) in [7, 11) is 1.30. The summed E-state index contributed by atoms with van der Waals surface area (Å²) in [6, 6.07) is 1.88. The third kappa shape index (κ3) is 5.07. The molecule has 0 radical (unpaired) electrons. The summed E-state index contributed by atoms with van der Waals surface area (Å²) < 4.78 is 66.2. The van der Waals surface area contributed by atoms with Crippen molar-refractivity contribution < 1.29 is 36.3 Å². The van der Waals surface area contributed by atoms with Gasteiger partial charge in [0.15, 0.2) is 11.6 Å². The molecule has 0 saturated carbocycles. The summed E-state index contributed by atoms with van der Waals surface area (Å²) in [6.45, 7) is -0.388. The van der Waals surface area contributed by atoms with Gasteiger partial charge < -0.3 is 16.0 Å². The van der Waals surface area contributed by atoms with Crippen LogP contribution in [0.15, 0.2) is 30.5 Å². The Morgan fingerprint density at radius 2 is 1.87 bits per heavy atom. The number of halogens is 5. The first-order chi connectivity index (χ1) is 14.1. The molecule has 1 atom stereocenters. The zero-order valence-corrected chi connectivity index (χ0v) is 15.3. The van der Waals surface area contributed by atoms with E-state index in [4.69, 9.17) is 0 Å². The number of aromatic nitrogens is 1. The second-order valence-electron chi connectivity index (χ2n) is 5.88. The lowest BCUT2D eigenvalue weighted by Gasteiger charge is -2.17. The maximum Gasteiger partial charge on any atom is 0.433 e. The van der Waals surface area contributed by atoms with Crippen LogP contribution >= 0.6 is 0 Å². The van der Waals surface area contributed by atoms with Gasteiger partial charge in [0.1, 0.15) is 11.7 Å². The van der Waals surface area contributed by atoms with E-state index in [0.29, 0.717) is 18.3 Å². The molecule has 3 amide bonds. The van der Waals surface area contributed by atoms with Crippen molar-refractivity contribution in [1.82, 2.24) is 20.9 Å². The number of rotatable bonds is 7. The second kappa shape index (κ2) is 9.29. The molecule has 0 aliphatic heterocycles. The van der Waals surface area contributed by atoms with Crippen LogP contribution in [-0.4, -0.2) is 42.8 Å². The van der Waals surface area contributed by atoms with Gasteiger partial charge in [0.05, 0.1) is 5.56 Å². The highest BCUT2D eigenvalue weighted by Crippen LogP contribution is 2.32. The van der Waals surface area contributed by atoms with Crippen LogP contribution in [0.25, 0.3) is 11.1 Å². The number of carbonyl (C=O) groups excluding carboxylic acids is 3. The highest BCUT2D eigenvalue weighted by Gasteiger charge is 2.32. The number of alkyl halides is 3. The van der Waals surface area contributed by atoms with Crippen LogP contribution in [0.1, 0.15) is 16.1 Å². The first-order valence-corrected chi connectivity index (χ1v) is 8.31. The van der Waals surface area contributed by atoms with Crippen LogP contribution in [0.3, 0.4) is 0 Å². The molecule has 0 aliphatic rings. The Hall–Kier alpha value is -3.57. The molecule has 1 unspecified atom stereocenters. The van der Waals surface area contributed by atoms with Crippen molar-refractivity contribution in [2.24, 2.45) is 0 Å². The van der Waals surface area contributed by atoms with Crippen LogP contribution in [0.5, 0.6) is 0 Å². The molecule has 1 aromatic heterocycles. The number of nitrogens with one attached hydrogen (secondary N) is 3. The van der Waals surface area contributed by atoms with Gasteiger partial charge in [0.25, 0.3) is 5.91 Å². The fourth-order valence-electron chi connectivity index (χ4n) is 2.51. The predicted octanol–water partition coefficient (Wildman–Crippen LogP) is 1.64. The number of pyridine rings is 1. The fourth-order valence-corrected chi connectivity index (χ4v) is 2.51. The standard InChI is InChI=1S/C18H15F5N4O3/c1-24-17(30)12(27-8-28)7-26-16(29)10-3-4-11(19)15(20)14(10)9-2-5-13(25-6-9)18(21,22)23/h2-6,8,12H,7H2,1H3,(H,24,30)(H,26,29)(H,27,28). The topological polar surface area (TPSA) is 100 Å². The number of likely N-dealkylation sites (N-methyl/N-ethyl adjacent to an activating group) is 1. The van der Waals surface area contributed by atoms with E-state index in [2.05, 4.69) is 20.9 Å². The maximum atomic E-state index is 14.4. The predicted molar refractivity (Wildman–Crippen MR) is 94.0 cm³/mol. The van der Waals surface area contributed by atoms with Gasteiger partial charge in [-0.05, 0) is 18.2 Å². The number of benzene rings is 1. The van der Waals surface area contributed by atoms with Crippen molar-refractivity contribution in [2.45, 2.75) is 12.2 Å². The van der Waals surface area contributed by atoms with Crippen LogP contribution < -0.4 is 16.0 Å². The lowest BCUT2D eigenvalue weighted by molar-refractivity contribution is -0.141. The Balaban J connectivity index is 2.37. The van der Waals surface area contributed by atoms with Crippen molar-refractivity contribution in [3.63, 3.8) is 0 Å². The Morgan fingerprint density at radius 3 is 2.40 bits per heavy atom. The molecule has 30 heavy (non-hydrogen) atoms. The molecule has 0 spiro atoms. The summed E-state index contributed by atoms with van der Waals surface area (Å²) in [5.74, 6) is -4.37. The van der Waals surface area contributed by atoms with Crippen molar-refractivity contribution in [1.29, 1.82) is 0 Å². The Kier molecular flexibility index (Phi) is 7.03. The van der Waals surface area contributed by atoms with Gasteiger partial charge in [-0.15, -0.1) is 0 Å². The average molecular weight is 430 g/mol. The minimum absolute atomic E-state index is 0.239. The van der Waals surface area contributed by atoms with Crippen molar-refractivity contribution in [3.05, 3.63) is 53.4 Å². The summed E-state index contributed by atoms with van der Waals surface area (Å²) in [4.78, 5) is 37.9. The average Bonchev–Trinajstić information content (AvgIpc) is 2.71. The molecular weight excluding hydrogens is 415 g/mol. The monoisotopic (exact) mass is 430 g/mol. The normalized spacial score (nSPS) is 12.1. The number of carbonyl (C=O) groups is 3. The van der Waals surface area contributed by atoms with Gasteiger partial charge in [-0.25, -0.2) is 8.78 Å². The molecule has 1 aromatic carbocycles. The molecule has 2 aromatic rings. The molecule has 7 nitrogen and oxygen atoms in total. The van der Waals surface area contributed by atoms with Gasteiger partial charge >= 0.3 is 6.18 Å². The molecule has 12 heteroatoms. The smallest absolute Gasteiger partial charge is 0.357 e. The maximum absolute atomic E-state index is 14.4. The van der Waals surface area contributed by atoms with Gasteiger partial charge in [-0.3, -0.25) is 19.4 Å². The van der Waals surface area contributed by atoms with Crippen molar-refractivity contribution in [3.8, 4) is 11.1 Å². The van der Waals surface area contributed by atoms with E-state index in [1.165, 1.54) is 7.05 Å². The van der Waals surface area contributed by atoms with Gasteiger partial charge in [-0.2, -0.15) is 13.2 Å². The van der Waals surface area contributed by atoms with E-state index in [1.807, 2.05) is 0 Å². The largest absolute Gasteiger partial charge is 0.433 e. The zero-order chi connectivity index (χ0) is 22.5. The van der Waals surface area contributed by atoms with E-state index in [-0.39, 0.29) is 18.5 Å². The molecule has 0 saturated heterocycles. The third-order valence-corrected chi connectivity index (χ3v) is 3.98. The van der Waals surface area contributed by atoms with Gasteiger partial charge in [-0.1, -0.05) is 6.07 Å². The number of hydrogen-bond donors (Lipinski definition) is 3. The highest BCUT2D eigenvalue weighted by atomic mass is 19.4. The molecule has 1 heterocycles. The van der Waals surface area contributed by atoms with Crippen molar-refractivity contribution in [2.75, 3.05) is 13.6 Å². The third-order valence-electron chi connectivity index (χ3n) is 3.98. The summed E-state index contributed by atoms with van der Waals surface area (Å²) in [5, 5.41) is 6.71. The molecule has 0 bridgehead atoms. The van der Waals surface area contributed by atoms with Crippen molar-refractivity contribution >= 4 is 18.2 Å². The van der Waals surface area contributed by atoms with E-state index < -0.39 is 52.5 Å². The minimum atomic E-state index is -4.74. The van der Waals surface area contributed by atoms with Gasteiger partial charge in [0.2, 0.25) is 12.3 Å². The summed E-state index contributed by atoms with van der Waals surface area (Å²) in [6.07, 6.45) is -3.83. The minimum Gasteiger partial charge on any atom is -0.357 e. The zero-order valence-electron chi connectivity index (χ0n) is 15.3. The van der Waals surface area contributed by atoms with Crippen LogP contribution in [0.4, 0.5) is 22.0 Å². The Morgan fingerprint density at radius 1 is 1.17 bits per heavy atom. The Bertz CT molecular complexity index is 948. The molecule has 160 valence electrons. The van der Waals surface area contributed by atoms with Gasteiger partial charge in [0, 0.05) is 30.9 Å². The van der Waals surface area contributed by atoms with E-state index in [1.54, 1.807) is 0 Å². The quantitative estimate of drug-likeness (QED) is 0.459. The Labute approximate surface area is 166 Å². The molecule has 3 N–H and O–H groups in total. The first kappa shape index (κ1) is 22.7.